The van der Waals surface area contributed by atoms with Gasteiger partial charge in [-0.15, -0.1) is 0 Å². The summed E-state index contributed by atoms with van der Waals surface area (Å²) in [5, 5.41) is 14.1. The molecule has 8 nitrogen and oxygen atoms in total. The molecule has 0 aliphatic carbocycles. The van der Waals surface area contributed by atoms with Crippen LogP contribution in [0.3, 0.4) is 0 Å². The zero-order valence-electron chi connectivity index (χ0n) is 14.5. The molecule has 0 heterocycles. The number of nitro groups is 1. The van der Waals surface area contributed by atoms with Crippen molar-refractivity contribution in [3.63, 3.8) is 0 Å². The van der Waals surface area contributed by atoms with E-state index in [1.54, 1.807) is 6.92 Å². The summed E-state index contributed by atoms with van der Waals surface area (Å²) >= 11 is 0. The standard InChI is InChI=1S/C15H23N3O5S/c1-6-17(10-14(19)16-15(2,3)4)12-8-7-11(24(5,22)23)9-13(12)18(20)21/h7-9H,6,10H2,1-5H3,(H,16,19). The second-order valence-corrected chi connectivity index (χ2v) is 8.51. The molecule has 9 heteroatoms. The van der Waals surface area contributed by atoms with E-state index < -0.39 is 20.3 Å². The van der Waals surface area contributed by atoms with Crippen LogP contribution >= 0.6 is 0 Å². The maximum absolute atomic E-state index is 12.1. The predicted molar refractivity (Wildman–Crippen MR) is 92.0 cm³/mol. The molecule has 0 saturated carbocycles. The molecule has 1 rings (SSSR count). The summed E-state index contributed by atoms with van der Waals surface area (Å²) in [6.07, 6.45) is 0.986. The largest absolute Gasteiger partial charge is 0.357 e. The Morgan fingerprint density at radius 2 is 1.92 bits per heavy atom. The van der Waals surface area contributed by atoms with Crippen molar-refractivity contribution in [2.75, 3.05) is 24.2 Å². The molecule has 0 saturated heterocycles. The molecule has 0 spiro atoms. The third-order valence-electron chi connectivity index (χ3n) is 3.14. The molecule has 0 unspecified atom stereocenters. The van der Waals surface area contributed by atoms with Crippen LogP contribution in [0.25, 0.3) is 0 Å². The number of nitrogens with zero attached hydrogens (tertiary/aromatic N) is 2. The van der Waals surface area contributed by atoms with Crippen LogP contribution in [0.1, 0.15) is 27.7 Å². The minimum Gasteiger partial charge on any atom is -0.357 e. The second-order valence-electron chi connectivity index (χ2n) is 6.49. The lowest BCUT2D eigenvalue weighted by molar-refractivity contribution is -0.384. The summed E-state index contributed by atoms with van der Waals surface area (Å²) in [5.74, 6) is -0.272. The Kier molecular flexibility index (Phi) is 5.94. The number of sulfone groups is 1. The van der Waals surface area contributed by atoms with Gasteiger partial charge in [-0.3, -0.25) is 14.9 Å². The Morgan fingerprint density at radius 1 is 1.33 bits per heavy atom. The van der Waals surface area contributed by atoms with E-state index in [1.807, 2.05) is 20.8 Å². The average molecular weight is 357 g/mol. The van der Waals surface area contributed by atoms with Gasteiger partial charge < -0.3 is 10.2 Å². The van der Waals surface area contributed by atoms with Crippen LogP contribution in [0.2, 0.25) is 0 Å². The van der Waals surface area contributed by atoms with Gasteiger partial charge in [0.2, 0.25) is 5.91 Å². The van der Waals surface area contributed by atoms with E-state index >= 15 is 0 Å². The molecule has 0 aliphatic heterocycles. The molecule has 0 fully saturated rings. The van der Waals surface area contributed by atoms with E-state index in [2.05, 4.69) is 5.32 Å². The first-order valence-corrected chi connectivity index (χ1v) is 9.28. The van der Waals surface area contributed by atoms with Gasteiger partial charge in [0.15, 0.2) is 9.84 Å². The SMILES string of the molecule is CCN(CC(=O)NC(C)(C)C)c1ccc(S(C)(=O)=O)cc1[N+](=O)[O-]. The summed E-state index contributed by atoms with van der Waals surface area (Å²) < 4.78 is 23.2. The summed E-state index contributed by atoms with van der Waals surface area (Å²) in [7, 11) is -3.56. The van der Waals surface area contributed by atoms with E-state index in [9.17, 15) is 23.3 Å². The third-order valence-corrected chi connectivity index (χ3v) is 4.25. The number of carbonyl (C=O) groups excluding carboxylic acids is 1. The fraction of sp³-hybridized carbons (Fsp3) is 0.533. The Morgan fingerprint density at radius 3 is 2.33 bits per heavy atom. The van der Waals surface area contributed by atoms with Gasteiger partial charge in [0.05, 0.1) is 16.4 Å². The van der Waals surface area contributed by atoms with Crippen molar-refractivity contribution < 1.29 is 18.1 Å². The van der Waals surface area contributed by atoms with Gasteiger partial charge in [0, 0.05) is 24.4 Å². The zero-order chi connectivity index (χ0) is 18.7. The highest BCUT2D eigenvalue weighted by Crippen LogP contribution is 2.30. The van der Waals surface area contributed by atoms with Crippen molar-refractivity contribution in [2.45, 2.75) is 38.1 Å². The maximum atomic E-state index is 12.1. The number of hydrogen-bond donors (Lipinski definition) is 1. The quantitative estimate of drug-likeness (QED) is 0.613. The number of amides is 1. The number of anilines is 1. The van der Waals surface area contributed by atoms with Gasteiger partial charge in [-0.1, -0.05) is 0 Å². The Hall–Kier alpha value is -2.16. The van der Waals surface area contributed by atoms with Gasteiger partial charge in [-0.25, -0.2) is 8.42 Å². The van der Waals surface area contributed by atoms with E-state index in [4.69, 9.17) is 0 Å². The molecule has 1 aromatic carbocycles. The Labute approximate surface area is 141 Å². The van der Waals surface area contributed by atoms with Crippen molar-refractivity contribution in [2.24, 2.45) is 0 Å². The summed E-state index contributed by atoms with van der Waals surface area (Å²) in [4.78, 5) is 24.2. The van der Waals surface area contributed by atoms with E-state index in [0.29, 0.717) is 6.54 Å². The smallest absolute Gasteiger partial charge is 0.293 e. The molecule has 0 aliphatic rings. The maximum Gasteiger partial charge on any atom is 0.293 e. The van der Waals surface area contributed by atoms with Gasteiger partial charge in [-0.05, 0) is 39.8 Å². The van der Waals surface area contributed by atoms with Gasteiger partial charge in [0.25, 0.3) is 5.69 Å². The van der Waals surface area contributed by atoms with Crippen molar-refractivity contribution in [1.82, 2.24) is 5.32 Å². The predicted octanol–water partition coefficient (Wildman–Crippen LogP) is 1.74. The number of benzene rings is 1. The number of nitrogens with one attached hydrogen (secondary N) is 1. The summed E-state index contributed by atoms with van der Waals surface area (Å²) in [5.41, 5.74) is -0.551. The number of hydrogen-bond acceptors (Lipinski definition) is 6. The molecule has 0 atom stereocenters. The minimum absolute atomic E-state index is 0.0627. The van der Waals surface area contributed by atoms with Crippen molar-refractivity contribution in [1.29, 1.82) is 0 Å². The van der Waals surface area contributed by atoms with Crippen molar-refractivity contribution in [3.05, 3.63) is 28.3 Å². The average Bonchev–Trinajstić information content (AvgIpc) is 2.41. The Bertz CT molecular complexity index is 738. The molecule has 24 heavy (non-hydrogen) atoms. The van der Waals surface area contributed by atoms with Crippen LogP contribution in [0, 0.1) is 10.1 Å². The van der Waals surface area contributed by atoms with E-state index in [0.717, 1.165) is 12.3 Å². The lowest BCUT2D eigenvalue weighted by atomic mass is 10.1. The van der Waals surface area contributed by atoms with Crippen LogP contribution in [0.15, 0.2) is 23.1 Å². The lowest BCUT2D eigenvalue weighted by Crippen LogP contribution is -2.46. The minimum atomic E-state index is -3.56. The van der Waals surface area contributed by atoms with Crippen LogP contribution in [0.4, 0.5) is 11.4 Å². The molecular formula is C15H23N3O5S. The molecule has 1 N–H and O–H groups in total. The number of nitro benzene ring substituents is 1. The molecule has 1 aromatic rings. The van der Waals surface area contributed by atoms with E-state index in [-0.39, 0.29) is 28.7 Å². The molecule has 134 valence electrons. The van der Waals surface area contributed by atoms with Crippen LogP contribution in [-0.2, 0) is 14.6 Å². The first kappa shape index (κ1) is 19.9. The van der Waals surface area contributed by atoms with Crippen LogP contribution in [-0.4, -0.2) is 44.1 Å². The van der Waals surface area contributed by atoms with Gasteiger partial charge in [-0.2, -0.15) is 0 Å². The second kappa shape index (κ2) is 7.16. The lowest BCUT2D eigenvalue weighted by Gasteiger charge is -2.26. The molecule has 1 amide bonds. The Balaban J connectivity index is 3.22. The fourth-order valence-corrected chi connectivity index (χ4v) is 2.79. The van der Waals surface area contributed by atoms with Crippen molar-refractivity contribution >= 4 is 27.1 Å². The van der Waals surface area contributed by atoms with Crippen LogP contribution in [0.5, 0.6) is 0 Å². The first-order chi connectivity index (χ1) is 10.8. The topological polar surface area (TPSA) is 110 Å². The zero-order valence-corrected chi connectivity index (χ0v) is 15.3. The number of likely N-dealkylation sites (N-methyl/N-ethyl adjacent to an activating group) is 1. The monoisotopic (exact) mass is 357 g/mol. The number of carbonyl (C=O) groups is 1. The molecule has 0 bridgehead atoms. The van der Waals surface area contributed by atoms with Crippen molar-refractivity contribution in [3.8, 4) is 0 Å². The highest BCUT2D eigenvalue weighted by atomic mass is 32.2. The van der Waals surface area contributed by atoms with Crippen LogP contribution < -0.4 is 10.2 Å². The number of rotatable bonds is 6. The molecule has 0 radical (unpaired) electrons. The molecule has 0 aromatic heterocycles. The van der Waals surface area contributed by atoms with Gasteiger partial charge >= 0.3 is 0 Å². The van der Waals surface area contributed by atoms with Gasteiger partial charge in [0.1, 0.15) is 5.69 Å². The first-order valence-electron chi connectivity index (χ1n) is 7.39. The highest BCUT2D eigenvalue weighted by molar-refractivity contribution is 7.90. The normalized spacial score (nSPS) is 11.9. The summed E-state index contributed by atoms with van der Waals surface area (Å²) in [6, 6.07) is 3.69. The summed E-state index contributed by atoms with van der Waals surface area (Å²) in [6.45, 7) is 7.57. The molecular weight excluding hydrogens is 334 g/mol. The third kappa shape index (κ3) is 5.48. The van der Waals surface area contributed by atoms with E-state index in [1.165, 1.54) is 17.0 Å². The highest BCUT2D eigenvalue weighted by Gasteiger charge is 2.24. The fourth-order valence-electron chi connectivity index (χ4n) is 2.15.